The topological polar surface area (TPSA) is 81.5 Å². The van der Waals surface area contributed by atoms with Gasteiger partial charge in [-0.3, -0.25) is 4.79 Å². The third-order valence-electron chi connectivity index (χ3n) is 3.75. The van der Waals surface area contributed by atoms with Gasteiger partial charge < -0.3 is 15.0 Å². The predicted molar refractivity (Wildman–Crippen MR) is 131 cm³/mol. The van der Waals surface area contributed by atoms with Gasteiger partial charge in [0.25, 0.3) is 0 Å². The molecule has 0 bridgehead atoms. The summed E-state index contributed by atoms with van der Waals surface area (Å²) in [5.74, 6) is 0.371. The summed E-state index contributed by atoms with van der Waals surface area (Å²) in [7, 11) is 0. The van der Waals surface area contributed by atoms with Gasteiger partial charge in [-0.1, -0.05) is 91.0 Å². The summed E-state index contributed by atoms with van der Waals surface area (Å²) in [4.78, 5) is 30.0. The third kappa shape index (κ3) is 8.95. The maximum atomic E-state index is 11.1. The van der Waals surface area contributed by atoms with E-state index in [0.717, 1.165) is 27.7 Å². The highest BCUT2D eigenvalue weighted by molar-refractivity contribution is 5.43. The third-order valence-corrected chi connectivity index (χ3v) is 3.75. The van der Waals surface area contributed by atoms with E-state index in [9.17, 15) is 9.59 Å². The van der Waals surface area contributed by atoms with E-state index in [2.05, 4.69) is 34.0 Å². The number of aromatic amines is 3. The van der Waals surface area contributed by atoms with Gasteiger partial charge in [0.2, 0.25) is 5.56 Å². The van der Waals surface area contributed by atoms with Crippen LogP contribution in [0.15, 0.2) is 46.0 Å². The lowest BCUT2D eigenvalue weighted by Gasteiger charge is -1.93. The van der Waals surface area contributed by atoms with Crippen LogP contribution < -0.4 is 32.5 Å². The van der Waals surface area contributed by atoms with E-state index < -0.39 is 0 Å². The molecule has 5 heteroatoms. The van der Waals surface area contributed by atoms with Crippen LogP contribution in [0.4, 0.5) is 0 Å². The molecule has 0 saturated carbocycles. The molecule has 0 fully saturated rings. The van der Waals surface area contributed by atoms with Crippen molar-refractivity contribution < 1.29 is 0 Å². The molecule has 2 aromatic heterocycles. The van der Waals surface area contributed by atoms with Crippen molar-refractivity contribution in [2.75, 3.05) is 0 Å². The number of allylic oxidation sites excluding steroid dienone is 4. The minimum Gasteiger partial charge on any atom is -0.322 e. The highest BCUT2D eigenvalue weighted by Crippen LogP contribution is 1.99. The fourth-order valence-corrected chi connectivity index (χ4v) is 2.57. The number of nitrogens with one attached hydrogen (secondary N) is 3. The van der Waals surface area contributed by atoms with Crippen LogP contribution in [0.2, 0.25) is 0 Å². The Morgan fingerprint density at radius 3 is 2.17 bits per heavy atom. The van der Waals surface area contributed by atoms with Crippen molar-refractivity contribution in [3.8, 4) is 0 Å². The van der Waals surface area contributed by atoms with Crippen LogP contribution in [0, 0.1) is 5.92 Å². The maximum absolute atomic E-state index is 11.1. The second-order valence-electron chi connectivity index (χ2n) is 5.71. The molecule has 2 heterocycles. The number of imidazole rings is 1. The number of hydrogen-bond acceptors (Lipinski definition) is 2. The second kappa shape index (κ2) is 15.8. The van der Waals surface area contributed by atoms with E-state index in [1.807, 2.05) is 84.1 Å². The lowest BCUT2D eigenvalue weighted by atomic mass is 10.1. The Hall–Kier alpha value is -3.08. The lowest BCUT2D eigenvalue weighted by Crippen LogP contribution is -2.33. The molecule has 1 atom stereocenters. The summed E-state index contributed by atoms with van der Waals surface area (Å²) in [6, 6.07) is 3.39. The maximum Gasteiger partial charge on any atom is 0.323 e. The van der Waals surface area contributed by atoms with Crippen LogP contribution in [0.25, 0.3) is 24.3 Å². The summed E-state index contributed by atoms with van der Waals surface area (Å²) in [5, 5.41) is 3.74. The van der Waals surface area contributed by atoms with E-state index in [-0.39, 0.29) is 11.2 Å². The smallest absolute Gasteiger partial charge is 0.322 e. The van der Waals surface area contributed by atoms with Crippen molar-refractivity contribution in [3.05, 3.63) is 78.5 Å². The minimum atomic E-state index is -0.141. The molecule has 0 amide bonds. The largest absolute Gasteiger partial charge is 0.323 e. The number of pyridine rings is 1. The monoisotopic (exact) mass is 411 g/mol. The van der Waals surface area contributed by atoms with Crippen molar-refractivity contribution in [2.24, 2.45) is 5.92 Å². The molecule has 0 spiro atoms. The molecule has 30 heavy (non-hydrogen) atoms. The van der Waals surface area contributed by atoms with E-state index in [4.69, 9.17) is 0 Å². The highest BCUT2D eigenvalue weighted by atomic mass is 16.1. The van der Waals surface area contributed by atoms with Crippen LogP contribution in [-0.2, 0) is 0 Å². The molecule has 0 aliphatic heterocycles. The van der Waals surface area contributed by atoms with Crippen molar-refractivity contribution in [3.63, 3.8) is 0 Å². The first kappa shape index (κ1) is 26.9. The van der Waals surface area contributed by atoms with Gasteiger partial charge in [-0.15, -0.1) is 0 Å². The molecule has 2 aromatic rings. The molecule has 2 aliphatic rings. The summed E-state index contributed by atoms with van der Waals surface area (Å²) in [6.07, 6.45) is 16.9. The first-order chi connectivity index (χ1) is 14.6. The number of H-pyrrole nitrogens is 3. The molecule has 0 radical (unpaired) electrons. The summed E-state index contributed by atoms with van der Waals surface area (Å²) in [6.45, 7) is 14.1. The van der Waals surface area contributed by atoms with E-state index in [1.165, 1.54) is 0 Å². The van der Waals surface area contributed by atoms with Crippen molar-refractivity contribution in [1.82, 2.24) is 15.0 Å². The normalized spacial score (nSPS) is 14.4. The number of rotatable bonds is 0. The summed E-state index contributed by atoms with van der Waals surface area (Å²) in [5.41, 5.74) is -0.185. The molecule has 164 valence electrons. The van der Waals surface area contributed by atoms with Crippen LogP contribution in [-0.4, -0.2) is 15.0 Å². The quantitative estimate of drug-likeness (QED) is 0.622. The number of aromatic nitrogens is 3. The highest BCUT2D eigenvalue weighted by Gasteiger charge is 1.95. The number of fused-ring (bicyclic) bond motifs is 2. The second-order valence-corrected chi connectivity index (χ2v) is 5.71. The predicted octanol–water partition coefficient (Wildman–Crippen LogP) is 2.44. The Labute approximate surface area is 179 Å². The van der Waals surface area contributed by atoms with Crippen molar-refractivity contribution in [2.45, 2.75) is 54.9 Å². The van der Waals surface area contributed by atoms with Crippen LogP contribution >= 0.6 is 0 Å². The standard InChI is InChI=1S/C11H11NO.C8H8N2O.3C2H6/c1-8-3-2-4-9-5-6-11(13)12-10(9)7-8;11-8-9-6-4-2-1-3-5-7(6)10-8;3*1-2/h2-8H,1H3,(H,12,13);1-2,4-5H,3H2,(H2,9,10,11);3*1-2H3. The van der Waals surface area contributed by atoms with Crippen LogP contribution in [0.1, 0.15) is 54.9 Å². The Kier molecular flexibility index (Phi) is 14.2. The lowest BCUT2D eigenvalue weighted by molar-refractivity contribution is 0.985. The van der Waals surface area contributed by atoms with Gasteiger partial charge >= 0.3 is 5.69 Å². The zero-order valence-corrected chi connectivity index (χ0v) is 19.4. The van der Waals surface area contributed by atoms with Gasteiger partial charge in [-0.05, 0) is 29.7 Å². The fourth-order valence-electron chi connectivity index (χ4n) is 2.57. The molecular weight excluding hydrogens is 374 g/mol. The summed E-state index contributed by atoms with van der Waals surface area (Å²) >= 11 is 0. The molecule has 4 rings (SSSR count). The zero-order valence-electron chi connectivity index (χ0n) is 19.4. The SMILES string of the molecule is CC.CC.CC.CC1C=CC=c2ccc(=O)[nH]c2=C1.O=c1[nH]c2c([nH]1)=CCC=CC=2. The summed E-state index contributed by atoms with van der Waals surface area (Å²) < 4.78 is 0. The average molecular weight is 412 g/mol. The Morgan fingerprint density at radius 2 is 1.47 bits per heavy atom. The molecule has 0 aromatic carbocycles. The minimum absolute atomic E-state index is 0.0440. The molecule has 5 nitrogen and oxygen atoms in total. The zero-order chi connectivity index (χ0) is 22.9. The molecular formula is C25H37N3O2. The van der Waals surface area contributed by atoms with Gasteiger partial charge in [-0.2, -0.15) is 0 Å². The fraction of sp³-hybridized carbons (Fsp3) is 0.360. The van der Waals surface area contributed by atoms with Crippen molar-refractivity contribution in [1.29, 1.82) is 0 Å². The first-order valence-corrected chi connectivity index (χ1v) is 10.9. The molecule has 0 saturated heterocycles. The van der Waals surface area contributed by atoms with Gasteiger partial charge in [0.05, 0.1) is 10.7 Å². The van der Waals surface area contributed by atoms with Gasteiger partial charge in [0.15, 0.2) is 0 Å². The van der Waals surface area contributed by atoms with Gasteiger partial charge in [0, 0.05) is 11.4 Å². The van der Waals surface area contributed by atoms with Crippen LogP contribution in [0.3, 0.4) is 0 Å². The molecule has 3 N–H and O–H groups in total. The van der Waals surface area contributed by atoms with Gasteiger partial charge in [0.1, 0.15) is 0 Å². The Bertz CT molecular complexity index is 1140. The molecule has 2 aliphatic carbocycles. The molecule has 1 unspecified atom stereocenters. The van der Waals surface area contributed by atoms with Gasteiger partial charge in [-0.25, -0.2) is 4.79 Å². The van der Waals surface area contributed by atoms with E-state index in [0.29, 0.717) is 5.92 Å². The first-order valence-electron chi connectivity index (χ1n) is 10.9. The number of hydrogen-bond donors (Lipinski definition) is 3. The van der Waals surface area contributed by atoms with E-state index in [1.54, 1.807) is 6.07 Å². The Morgan fingerprint density at radius 1 is 0.800 bits per heavy atom. The van der Waals surface area contributed by atoms with E-state index >= 15 is 0 Å². The van der Waals surface area contributed by atoms with Crippen LogP contribution in [0.5, 0.6) is 0 Å². The van der Waals surface area contributed by atoms with Crippen molar-refractivity contribution >= 4 is 24.3 Å². The average Bonchev–Trinajstić information content (AvgIpc) is 2.91. The Balaban J connectivity index is 0.000000453.